The Kier molecular flexibility index (Phi) is 4.11. The van der Waals surface area contributed by atoms with E-state index in [-0.39, 0.29) is 11.6 Å². The average molecular weight is 220 g/mol. The van der Waals surface area contributed by atoms with Crippen LogP contribution in [0.5, 0.6) is 0 Å². The van der Waals surface area contributed by atoms with E-state index in [1.165, 1.54) is 11.1 Å². The molecule has 0 N–H and O–H groups in total. The molecule has 0 fully saturated rings. The predicted octanol–water partition coefficient (Wildman–Crippen LogP) is 3.27. The van der Waals surface area contributed by atoms with Gasteiger partial charge in [-0.3, -0.25) is 4.79 Å². The van der Waals surface area contributed by atoms with E-state index in [0.29, 0.717) is 6.42 Å². The fraction of sp³-hybridized carbons (Fsp3) is 0.500. The quantitative estimate of drug-likeness (QED) is 0.731. The second kappa shape index (κ2) is 5.15. The third-order valence-corrected chi connectivity index (χ3v) is 2.28. The van der Waals surface area contributed by atoms with Crippen molar-refractivity contribution in [2.75, 3.05) is 0 Å². The minimum Gasteiger partial charge on any atom is -0.460 e. The van der Waals surface area contributed by atoms with Crippen LogP contribution in [0, 0.1) is 6.92 Å². The number of carbonyl (C=O) groups is 1. The predicted molar refractivity (Wildman–Crippen MR) is 65.3 cm³/mol. The van der Waals surface area contributed by atoms with Gasteiger partial charge in [-0.25, -0.2) is 0 Å². The lowest BCUT2D eigenvalue weighted by Gasteiger charge is -2.19. The normalized spacial score (nSPS) is 11.2. The minimum atomic E-state index is -0.386. The molecule has 0 unspecified atom stereocenters. The molecule has 1 rings (SSSR count). The van der Waals surface area contributed by atoms with Gasteiger partial charge in [-0.15, -0.1) is 0 Å². The van der Waals surface area contributed by atoms with Gasteiger partial charge in [0.05, 0.1) is 0 Å². The fourth-order valence-corrected chi connectivity index (χ4v) is 1.52. The van der Waals surface area contributed by atoms with Gasteiger partial charge in [0.1, 0.15) is 5.60 Å². The van der Waals surface area contributed by atoms with E-state index in [1.54, 1.807) is 0 Å². The topological polar surface area (TPSA) is 26.3 Å². The van der Waals surface area contributed by atoms with Crippen LogP contribution in [0.15, 0.2) is 24.3 Å². The van der Waals surface area contributed by atoms with Crippen molar-refractivity contribution in [3.63, 3.8) is 0 Å². The number of hydrogen-bond donors (Lipinski definition) is 0. The zero-order chi connectivity index (χ0) is 12.2. The maximum atomic E-state index is 11.5. The molecule has 0 saturated carbocycles. The van der Waals surface area contributed by atoms with E-state index < -0.39 is 0 Å². The molecule has 0 aliphatic rings. The second-order valence-electron chi connectivity index (χ2n) is 5.01. The van der Waals surface area contributed by atoms with Crippen LogP contribution in [0.3, 0.4) is 0 Å². The number of ether oxygens (including phenoxy) is 1. The zero-order valence-electron chi connectivity index (χ0n) is 10.5. The molecule has 0 bridgehead atoms. The first-order valence-electron chi connectivity index (χ1n) is 5.65. The van der Waals surface area contributed by atoms with E-state index in [2.05, 4.69) is 19.1 Å². The van der Waals surface area contributed by atoms with Gasteiger partial charge in [-0.1, -0.05) is 24.3 Å². The molecule has 0 aromatic heterocycles. The van der Waals surface area contributed by atoms with Gasteiger partial charge in [0.2, 0.25) is 0 Å². The summed E-state index contributed by atoms with van der Waals surface area (Å²) in [6.45, 7) is 7.72. The maximum absolute atomic E-state index is 11.5. The zero-order valence-corrected chi connectivity index (χ0v) is 10.5. The van der Waals surface area contributed by atoms with Gasteiger partial charge in [-0.2, -0.15) is 0 Å². The maximum Gasteiger partial charge on any atom is 0.306 e. The summed E-state index contributed by atoms with van der Waals surface area (Å²) in [5.41, 5.74) is 2.06. The van der Waals surface area contributed by atoms with Gasteiger partial charge >= 0.3 is 5.97 Å². The number of aryl methyl sites for hydroxylation is 2. The van der Waals surface area contributed by atoms with Crippen LogP contribution in [-0.2, 0) is 16.0 Å². The third-order valence-electron chi connectivity index (χ3n) is 2.28. The molecule has 0 radical (unpaired) electrons. The monoisotopic (exact) mass is 220 g/mol. The van der Waals surface area contributed by atoms with Crippen LogP contribution in [0.25, 0.3) is 0 Å². The molecular weight excluding hydrogens is 200 g/mol. The summed E-state index contributed by atoms with van der Waals surface area (Å²) in [6.07, 6.45) is 1.20. The van der Waals surface area contributed by atoms with Gasteiger partial charge in [0, 0.05) is 6.42 Å². The summed E-state index contributed by atoms with van der Waals surface area (Å²) in [6, 6.07) is 8.12. The fourth-order valence-electron chi connectivity index (χ4n) is 1.52. The molecule has 88 valence electrons. The number of hydrogen-bond acceptors (Lipinski definition) is 2. The molecule has 0 atom stereocenters. The first-order valence-corrected chi connectivity index (χ1v) is 5.65. The largest absolute Gasteiger partial charge is 0.460 e. The van der Waals surface area contributed by atoms with Crippen LogP contribution in [-0.4, -0.2) is 11.6 Å². The highest BCUT2D eigenvalue weighted by Gasteiger charge is 2.15. The molecule has 2 nitrogen and oxygen atoms in total. The van der Waals surface area contributed by atoms with Gasteiger partial charge < -0.3 is 4.74 Å². The molecule has 1 aromatic carbocycles. The smallest absolute Gasteiger partial charge is 0.306 e. The molecule has 0 aliphatic carbocycles. The highest BCUT2D eigenvalue weighted by Crippen LogP contribution is 2.12. The first-order chi connectivity index (χ1) is 7.38. The minimum absolute atomic E-state index is 0.129. The van der Waals surface area contributed by atoms with E-state index in [9.17, 15) is 4.79 Å². The van der Waals surface area contributed by atoms with E-state index >= 15 is 0 Å². The van der Waals surface area contributed by atoms with E-state index in [0.717, 1.165) is 6.42 Å². The summed E-state index contributed by atoms with van der Waals surface area (Å²) >= 11 is 0. The Labute approximate surface area is 97.6 Å². The van der Waals surface area contributed by atoms with Crippen molar-refractivity contribution in [1.29, 1.82) is 0 Å². The molecular formula is C14H20O2. The summed E-state index contributed by atoms with van der Waals surface area (Å²) in [5.74, 6) is -0.129. The van der Waals surface area contributed by atoms with Crippen LogP contribution in [0.1, 0.15) is 38.3 Å². The molecule has 0 heterocycles. The number of rotatable bonds is 3. The summed E-state index contributed by atoms with van der Waals surface area (Å²) in [7, 11) is 0. The lowest BCUT2D eigenvalue weighted by Crippen LogP contribution is -2.24. The Morgan fingerprint density at radius 3 is 2.44 bits per heavy atom. The highest BCUT2D eigenvalue weighted by molar-refractivity contribution is 5.70. The SMILES string of the molecule is Cc1ccccc1CCC(=O)OC(C)(C)C. The Morgan fingerprint density at radius 1 is 1.25 bits per heavy atom. The second-order valence-corrected chi connectivity index (χ2v) is 5.01. The first kappa shape index (κ1) is 12.8. The lowest BCUT2D eigenvalue weighted by atomic mass is 10.0. The lowest BCUT2D eigenvalue weighted by molar-refractivity contribution is -0.154. The number of carbonyl (C=O) groups excluding carboxylic acids is 1. The van der Waals surface area contributed by atoms with Crippen molar-refractivity contribution in [2.24, 2.45) is 0 Å². The van der Waals surface area contributed by atoms with Crippen molar-refractivity contribution < 1.29 is 9.53 Å². The summed E-state index contributed by atoms with van der Waals surface area (Å²) in [5, 5.41) is 0. The van der Waals surface area contributed by atoms with Crippen LogP contribution in [0.4, 0.5) is 0 Å². The van der Waals surface area contributed by atoms with Gasteiger partial charge in [0.25, 0.3) is 0 Å². The van der Waals surface area contributed by atoms with Gasteiger partial charge in [0.15, 0.2) is 0 Å². The molecule has 16 heavy (non-hydrogen) atoms. The summed E-state index contributed by atoms with van der Waals surface area (Å²) in [4.78, 5) is 11.5. The molecule has 1 aromatic rings. The van der Waals surface area contributed by atoms with E-state index in [4.69, 9.17) is 4.74 Å². The molecule has 0 amide bonds. The molecule has 0 saturated heterocycles. The standard InChI is InChI=1S/C14H20O2/c1-11-7-5-6-8-12(11)9-10-13(15)16-14(2,3)4/h5-8H,9-10H2,1-4H3. The third kappa shape index (κ3) is 4.47. The van der Waals surface area contributed by atoms with Crippen molar-refractivity contribution in [1.82, 2.24) is 0 Å². The van der Waals surface area contributed by atoms with Crippen molar-refractivity contribution >= 4 is 5.97 Å². The Hall–Kier alpha value is -1.31. The van der Waals surface area contributed by atoms with Crippen molar-refractivity contribution in [3.05, 3.63) is 35.4 Å². The molecule has 0 aliphatic heterocycles. The van der Waals surface area contributed by atoms with Crippen LogP contribution < -0.4 is 0 Å². The number of benzene rings is 1. The van der Waals surface area contributed by atoms with Crippen LogP contribution in [0.2, 0.25) is 0 Å². The molecule has 2 heteroatoms. The Balaban J connectivity index is 2.47. The van der Waals surface area contributed by atoms with Crippen molar-refractivity contribution in [2.45, 2.75) is 46.1 Å². The molecule has 0 spiro atoms. The average Bonchev–Trinajstić information content (AvgIpc) is 2.14. The van der Waals surface area contributed by atoms with Crippen molar-refractivity contribution in [3.8, 4) is 0 Å². The van der Waals surface area contributed by atoms with E-state index in [1.807, 2.05) is 32.9 Å². The van der Waals surface area contributed by atoms with Gasteiger partial charge in [-0.05, 0) is 45.2 Å². The summed E-state index contributed by atoms with van der Waals surface area (Å²) < 4.78 is 5.26. The van der Waals surface area contributed by atoms with Crippen LogP contribution >= 0.6 is 0 Å². The number of esters is 1. The Morgan fingerprint density at radius 2 is 1.88 bits per heavy atom. The highest BCUT2D eigenvalue weighted by atomic mass is 16.6. The Bertz CT molecular complexity index is 361.